The van der Waals surface area contributed by atoms with E-state index in [1.807, 2.05) is 43.0 Å². The minimum absolute atomic E-state index is 0.777. The van der Waals surface area contributed by atoms with Gasteiger partial charge in [0.15, 0.2) is 0 Å². The van der Waals surface area contributed by atoms with Crippen molar-refractivity contribution < 1.29 is 0 Å². The number of nitrogens with one attached hydrogen (secondary N) is 1. The summed E-state index contributed by atoms with van der Waals surface area (Å²) in [7, 11) is 1.96. The van der Waals surface area contributed by atoms with Crippen LogP contribution in [-0.2, 0) is 6.42 Å². The summed E-state index contributed by atoms with van der Waals surface area (Å²) in [5.41, 5.74) is 4.53. The number of aromatic nitrogens is 2. The molecule has 0 aliphatic rings. The normalized spacial score (nSPS) is 10.9. The molecule has 0 aliphatic carbocycles. The molecule has 0 radical (unpaired) electrons. The number of hydrogen-bond donors (Lipinski definition) is 1. The zero-order chi connectivity index (χ0) is 13.1. The molecule has 1 N–H and O–H groups in total. The van der Waals surface area contributed by atoms with E-state index in [4.69, 9.17) is 11.6 Å². The molecule has 0 bridgehead atoms. The van der Waals surface area contributed by atoms with Crippen LogP contribution >= 0.6 is 11.6 Å². The number of rotatable bonds is 4. The minimum atomic E-state index is 0.777. The van der Waals surface area contributed by atoms with Crippen LogP contribution < -0.4 is 5.32 Å². The molecule has 0 amide bonds. The molecule has 18 heavy (non-hydrogen) atoms. The molecule has 0 saturated carbocycles. The second kappa shape index (κ2) is 5.55. The van der Waals surface area contributed by atoms with Crippen molar-refractivity contribution >= 4 is 11.6 Å². The average Bonchev–Trinajstić information content (AvgIpc) is 2.72. The molecule has 0 saturated heterocycles. The average molecular weight is 264 g/mol. The maximum atomic E-state index is 6.16. The lowest BCUT2D eigenvalue weighted by atomic mass is 10.2. The van der Waals surface area contributed by atoms with Gasteiger partial charge in [-0.2, -0.15) is 5.10 Å². The van der Waals surface area contributed by atoms with E-state index in [-0.39, 0.29) is 0 Å². The van der Waals surface area contributed by atoms with Crippen molar-refractivity contribution in [1.82, 2.24) is 15.1 Å². The Morgan fingerprint density at radius 1 is 1.33 bits per heavy atom. The molecule has 4 heteroatoms. The first-order valence-corrected chi connectivity index (χ1v) is 6.46. The highest BCUT2D eigenvalue weighted by atomic mass is 35.5. The van der Waals surface area contributed by atoms with Crippen molar-refractivity contribution in [2.24, 2.45) is 0 Å². The fourth-order valence-corrected chi connectivity index (χ4v) is 2.10. The summed E-state index contributed by atoms with van der Waals surface area (Å²) in [5.74, 6) is 0. The van der Waals surface area contributed by atoms with E-state index < -0.39 is 0 Å². The summed E-state index contributed by atoms with van der Waals surface area (Å²) >= 11 is 6.16. The molecule has 2 rings (SSSR count). The first kappa shape index (κ1) is 13.1. The first-order chi connectivity index (χ1) is 8.63. The Balaban J connectivity index is 2.33. The molecular formula is C14H18ClN3. The van der Waals surface area contributed by atoms with Gasteiger partial charge in [0.2, 0.25) is 0 Å². The van der Waals surface area contributed by atoms with Gasteiger partial charge in [0.25, 0.3) is 0 Å². The molecule has 2 aromatic rings. The van der Waals surface area contributed by atoms with E-state index in [2.05, 4.69) is 17.3 Å². The smallest absolute Gasteiger partial charge is 0.0663 e. The number of aryl methyl sites for hydroxylation is 1. The summed E-state index contributed by atoms with van der Waals surface area (Å²) in [5, 5.41) is 8.37. The molecule has 0 fully saturated rings. The van der Waals surface area contributed by atoms with Crippen molar-refractivity contribution in [3.05, 3.63) is 46.2 Å². The Kier molecular flexibility index (Phi) is 4.04. The van der Waals surface area contributed by atoms with Crippen LogP contribution in [0.2, 0.25) is 5.02 Å². The van der Waals surface area contributed by atoms with Gasteiger partial charge >= 0.3 is 0 Å². The topological polar surface area (TPSA) is 29.9 Å². The number of hydrogen-bond acceptors (Lipinski definition) is 2. The van der Waals surface area contributed by atoms with Crippen molar-refractivity contribution in [1.29, 1.82) is 0 Å². The zero-order valence-electron chi connectivity index (χ0n) is 11.0. The molecule has 0 aliphatic heterocycles. The monoisotopic (exact) mass is 263 g/mol. The summed E-state index contributed by atoms with van der Waals surface area (Å²) in [6, 6.07) is 6.02. The highest BCUT2D eigenvalue weighted by molar-refractivity contribution is 6.31. The van der Waals surface area contributed by atoms with Crippen molar-refractivity contribution in [3.8, 4) is 5.69 Å². The molecular weight excluding hydrogens is 246 g/mol. The third kappa shape index (κ3) is 2.57. The van der Waals surface area contributed by atoms with Gasteiger partial charge in [-0.05, 0) is 57.1 Å². The third-order valence-electron chi connectivity index (χ3n) is 3.16. The van der Waals surface area contributed by atoms with E-state index in [9.17, 15) is 0 Å². The molecule has 96 valence electrons. The van der Waals surface area contributed by atoms with Crippen LogP contribution in [0.15, 0.2) is 24.4 Å². The maximum absolute atomic E-state index is 6.16. The number of nitrogens with zero attached hydrogens (tertiary/aromatic N) is 2. The molecule has 1 heterocycles. The first-order valence-electron chi connectivity index (χ1n) is 6.08. The van der Waals surface area contributed by atoms with E-state index in [1.165, 1.54) is 11.3 Å². The lowest BCUT2D eigenvalue weighted by Crippen LogP contribution is -2.10. The van der Waals surface area contributed by atoms with Gasteiger partial charge in [-0.1, -0.05) is 17.7 Å². The minimum Gasteiger partial charge on any atom is -0.319 e. The second-order valence-electron chi connectivity index (χ2n) is 4.45. The van der Waals surface area contributed by atoms with Gasteiger partial charge in [0.05, 0.1) is 11.9 Å². The number of halogens is 1. The highest BCUT2D eigenvalue weighted by Crippen LogP contribution is 2.21. The lowest BCUT2D eigenvalue weighted by molar-refractivity contribution is 0.784. The zero-order valence-corrected chi connectivity index (χ0v) is 11.8. The predicted octanol–water partition coefficient (Wildman–Crippen LogP) is 2.90. The van der Waals surface area contributed by atoms with E-state index in [1.54, 1.807) is 0 Å². The van der Waals surface area contributed by atoms with Crippen LogP contribution in [0.4, 0.5) is 0 Å². The van der Waals surface area contributed by atoms with Gasteiger partial charge in [-0.3, -0.25) is 0 Å². The van der Waals surface area contributed by atoms with Crippen LogP contribution in [0, 0.1) is 13.8 Å². The van der Waals surface area contributed by atoms with Gasteiger partial charge in [-0.15, -0.1) is 0 Å². The van der Waals surface area contributed by atoms with Gasteiger partial charge in [-0.25, -0.2) is 4.68 Å². The van der Waals surface area contributed by atoms with Gasteiger partial charge < -0.3 is 5.32 Å². The second-order valence-corrected chi connectivity index (χ2v) is 4.86. The molecule has 0 unspecified atom stereocenters. The Morgan fingerprint density at radius 2 is 2.11 bits per heavy atom. The summed E-state index contributed by atoms with van der Waals surface area (Å²) in [6.45, 7) is 5.05. The van der Waals surface area contributed by atoms with Crippen LogP contribution in [0.25, 0.3) is 5.69 Å². The molecule has 0 atom stereocenters. The van der Waals surface area contributed by atoms with E-state index in [0.29, 0.717) is 0 Å². The molecule has 1 aromatic heterocycles. The Labute approximate surface area is 113 Å². The number of likely N-dealkylation sites (N-methyl/N-ethyl adjacent to an activating group) is 1. The fraction of sp³-hybridized carbons (Fsp3) is 0.357. The highest BCUT2D eigenvalue weighted by Gasteiger charge is 2.08. The summed E-state index contributed by atoms with van der Waals surface area (Å²) < 4.78 is 1.94. The van der Waals surface area contributed by atoms with Crippen LogP contribution in [0.3, 0.4) is 0 Å². The fourth-order valence-electron chi connectivity index (χ4n) is 1.92. The molecule has 3 nitrogen and oxygen atoms in total. The Bertz CT molecular complexity index is 546. The van der Waals surface area contributed by atoms with E-state index in [0.717, 1.165) is 29.2 Å². The largest absolute Gasteiger partial charge is 0.319 e. The quantitative estimate of drug-likeness (QED) is 0.919. The number of benzene rings is 1. The van der Waals surface area contributed by atoms with Crippen molar-refractivity contribution in [2.45, 2.75) is 20.3 Å². The molecule has 0 spiro atoms. The van der Waals surface area contributed by atoms with Crippen LogP contribution in [-0.4, -0.2) is 23.4 Å². The van der Waals surface area contributed by atoms with E-state index >= 15 is 0 Å². The summed E-state index contributed by atoms with van der Waals surface area (Å²) in [4.78, 5) is 0. The summed E-state index contributed by atoms with van der Waals surface area (Å²) in [6.07, 6.45) is 2.92. The van der Waals surface area contributed by atoms with Gasteiger partial charge in [0, 0.05) is 10.7 Å². The van der Waals surface area contributed by atoms with Gasteiger partial charge in [0.1, 0.15) is 0 Å². The predicted molar refractivity (Wildman–Crippen MR) is 75.7 cm³/mol. The lowest BCUT2D eigenvalue weighted by Gasteiger charge is -2.07. The SMILES string of the molecule is CNCCc1cnn(-c2ccc(C)c(Cl)c2)c1C. The third-order valence-corrected chi connectivity index (χ3v) is 3.56. The Morgan fingerprint density at radius 3 is 2.78 bits per heavy atom. The van der Waals surface area contributed by atoms with Crippen LogP contribution in [0.5, 0.6) is 0 Å². The Hall–Kier alpha value is -1.32. The van der Waals surface area contributed by atoms with Crippen molar-refractivity contribution in [3.63, 3.8) is 0 Å². The standard InChI is InChI=1S/C14H18ClN3/c1-10-4-5-13(8-14(10)15)18-11(2)12(9-17-18)6-7-16-3/h4-5,8-9,16H,6-7H2,1-3H3. The maximum Gasteiger partial charge on any atom is 0.0663 e. The van der Waals surface area contributed by atoms with Crippen LogP contribution in [0.1, 0.15) is 16.8 Å². The molecule has 1 aromatic carbocycles. The van der Waals surface area contributed by atoms with Crippen molar-refractivity contribution in [2.75, 3.05) is 13.6 Å².